The Hall–Kier alpha value is -3.09. The molecule has 7 heteroatoms. The van der Waals surface area contributed by atoms with Gasteiger partial charge >= 0.3 is 0 Å². The Morgan fingerprint density at radius 1 is 1.03 bits per heavy atom. The lowest BCUT2D eigenvalue weighted by Gasteiger charge is -2.27. The van der Waals surface area contributed by atoms with E-state index in [1.165, 1.54) is 6.07 Å². The van der Waals surface area contributed by atoms with Crippen molar-refractivity contribution in [3.63, 3.8) is 0 Å². The second kappa shape index (κ2) is 11.2. The van der Waals surface area contributed by atoms with Crippen LogP contribution in [0.25, 0.3) is 0 Å². The lowest BCUT2D eigenvalue weighted by atomic mass is 9.84. The van der Waals surface area contributed by atoms with E-state index >= 15 is 0 Å². The van der Waals surface area contributed by atoms with Crippen molar-refractivity contribution in [2.24, 2.45) is 0 Å². The molecule has 178 valence electrons. The molecule has 0 unspecified atom stereocenters. The fraction of sp³-hybridized carbons (Fsp3) is 0.462. The summed E-state index contributed by atoms with van der Waals surface area (Å²) in [5, 5.41) is 2.88. The fourth-order valence-corrected chi connectivity index (χ4v) is 3.92. The van der Waals surface area contributed by atoms with Gasteiger partial charge < -0.3 is 19.7 Å². The first-order chi connectivity index (χ1) is 15.8. The van der Waals surface area contributed by atoms with Gasteiger partial charge in [-0.2, -0.15) is 0 Å². The molecule has 0 aliphatic carbocycles. The van der Waals surface area contributed by atoms with Crippen LogP contribution >= 0.6 is 0 Å². The normalized spacial score (nSPS) is 14.0. The van der Waals surface area contributed by atoms with Crippen LogP contribution in [0.4, 0.5) is 4.39 Å². The van der Waals surface area contributed by atoms with Crippen LogP contribution in [0, 0.1) is 5.82 Å². The number of nitrogens with zero attached hydrogens (tertiary/aromatic N) is 1. The van der Waals surface area contributed by atoms with Gasteiger partial charge in [-0.05, 0) is 56.0 Å². The van der Waals surface area contributed by atoms with E-state index in [-0.39, 0.29) is 30.8 Å². The number of ether oxygens (including phenoxy) is 2. The molecule has 2 amide bonds. The number of nitrogens with one attached hydrogen (secondary N) is 1. The van der Waals surface area contributed by atoms with Gasteiger partial charge in [0.25, 0.3) is 11.8 Å². The fourth-order valence-electron chi connectivity index (χ4n) is 3.92. The zero-order chi connectivity index (χ0) is 23.8. The van der Waals surface area contributed by atoms with Crippen molar-refractivity contribution in [1.82, 2.24) is 10.2 Å². The Balaban J connectivity index is 1.64. The maximum atomic E-state index is 14.2. The molecule has 1 saturated heterocycles. The van der Waals surface area contributed by atoms with Crippen molar-refractivity contribution >= 4 is 11.8 Å². The summed E-state index contributed by atoms with van der Waals surface area (Å²) in [6.07, 6.45) is 3.20. The monoisotopic (exact) mass is 456 g/mol. The van der Waals surface area contributed by atoms with Gasteiger partial charge in [-0.1, -0.05) is 32.0 Å². The van der Waals surface area contributed by atoms with Crippen LogP contribution in [0.3, 0.4) is 0 Å². The van der Waals surface area contributed by atoms with E-state index in [4.69, 9.17) is 9.47 Å². The smallest absolute Gasteiger partial charge is 0.260 e. The number of piperidine rings is 1. The zero-order valence-electron chi connectivity index (χ0n) is 19.7. The number of likely N-dealkylation sites (tertiary alicyclic amines) is 1. The van der Waals surface area contributed by atoms with Gasteiger partial charge in [0.2, 0.25) is 0 Å². The zero-order valence-corrected chi connectivity index (χ0v) is 19.7. The van der Waals surface area contributed by atoms with Crippen LogP contribution in [-0.4, -0.2) is 49.6 Å². The number of hydrogen-bond acceptors (Lipinski definition) is 4. The summed E-state index contributed by atoms with van der Waals surface area (Å²) in [6.45, 7) is 7.73. The molecule has 0 atom stereocenters. The van der Waals surface area contributed by atoms with Crippen molar-refractivity contribution in [2.75, 3.05) is 32.8 Å². The van der Waals surface area contributed by atoms with E-state index in [2.05, 4.69) is 5.32 Å². The third-order valence-electron chi connectivity index (χ3n) is 5.86. The van der Waals surface area contributed by atoms with E-state index in [1.807, 2.05) is 25.7 Å². The first-order valence-corrected chi connectivity index (χ1v) is 11.5. The summed E-state index contributed by atoms with van der Waals surface area (Å²) in [5.41, 5.74) is 0.363. The Morgan fingerprint density at radius 3 is 2.45 bits per heavy atom. The van der Waals surface area contributed by atoms with Gasteiger partial charge in [-0.3, -0.25) is 9.59 Å². The standard InChI is InChI=1S/C26H33FN2O4/c1-4-32-23-16-19(12-13-22(23)33-17-24(30)29-14-8-5-9-15-29)25(31)28-18-26(2,3)20-10-6-7-11-21(20)27/h6-7,10-13,16H,4-5,8-9,14-15,17-18H2,1-3H3,(H,28,31). The lowest BCUT2D eigenvalue weighted by Crippen LogP contribution is -2.38. The van der Waals surface area contributed by atoms with Crippen LogP contribution in [0.1, 0.15) is 56.0 Å². The number of carbonyl (C=O) groups excluding carboxylic acids is 2. The molecule has 0 radical (unpaired) electrons. The van der Waals surface area contributed by atoms with E-state index in [0.29, 0.717) is 29.2 Å². The molecule has 1 aliphatic heterocycles. The van der Waals surface area contributed by atoms with E-state index in [1.54, 1.807) is 36.4 Å². The van der Waals surface area contributed by atoms with Gasteiger partial charge in [0.15, 0.2) is 18.1 Å². The highest BCUT2D eigenvalue weighted by atomic mass is 19.1. The summed E-state index contributed by atoms with van der Waals surface area (Å²) in [6, 6.07) is 11.5. The quantitative estimate of drug-likeness (QED) is 0.610. The highest BCUT2D eigenvalue weighted by Crippen LogP contribution is 2.29. The van der Waals surface area contributed by atoms with E-state index in [9.17, 15) is 14.0 Å². The predicted octanol–water partition coefficient (Wildman–Crippen LogP) is 4.32. The molecular formula is C26H33FN2O4. The molecular weight excluding hydrogens is 423 g/mol. The molecule has 1 aliphatic rings. The lowest BCUT2D eigenvalue weighted by molar-refractivity contribution is -0.134. The minimum Gasteiger partial charge on any atom is -0.490 e. The van der Waals surface area contributed by atoms with E-state index < -0.39 is 5.41 Å². The number of benzene rings is 2. The SMILES string of the molecule is CCOc1cc(C(=O)NCC(C)(C)c2ccccc2F)ccc1OCC(=O)N1CCCCC1. The molecule has 2 aromatic carbocycles. The van der Waals surface area contributed by atoms with Crippen LogP contribution in [0.2, 0.25) is 0 Å². The van der Waals surface area contributed by atoms with Gasteiger partial charge in [-0.15, -0.1) is 0 Å². The molecule has 33 heavy (non-hydrogen) atoms. The third-order valence-corrected chi connectivity index (χ3v) is 5.86. The Bertz CT molecular complexity index is 971. The highest BCUT2D eigenvalue weighted by molar-refractivity contribution is 5.95. The predicted molar refractivity (Wildman–Crippen MR) is 125 cm³/mol. The Kier molecular flexibility index (Phi) is 8.31. The van der Waals surface area contributed by atoms with Gasteiger partial charge in [0.1, 0.15) is 5.82 Å². The molecule has 0 saturated carbocycles. The molecule has 6 nitrogen and oxygen atoms in total. The van der Waals surface area contributed by atoms with Crippen LogP contribution in [0.5, 0.6) is 11.5 Å². The van der Waals surface area contributed by atoms with Gasteiger partial charge in [-0.25, -0.2) is 4.39 Å². The molecule has 0 spiro atoms. The first kappa shape index (κ1) is 24.6. The maximum absolute atomic E-state index is 14.2. The summed E-state index contributed by atoms with van der Waals surface area (Å²) in [4.78, 5) is 27.0. The second-order valence-electron chi connectivity index (χ2n) is 8.87. The average Bonchev–Trinajstić information content (AvgIpc) is 2.82. The van der Waals surface area contributed by atoms with E-state index in [0.717, 1.165) is 32.4 Å². The van der Waals surface area contributed by atoms with Crippen LogP contribution < -0.4 is 14.8 Å². The summed E-state index contributed by atoms with van der Waals surface area (Å²) < 4.78 is 25.6. The number of amides is 2. The largest absolute Gasteiger partial charge is 0.490 e. The third kappa shape index (κ3) is 6.46. The maximum Gasteiger partial charge on any atom is 0.260 e. The van der Waals surface area contributed by atoms with Crippen LogP contribution in [0.15, 0.2) is 42.5 Å². The minimum atomic E-state index is -0.582. The van der Waals surface area contributed by atoms with Crippen molar-refractivity contribution in [3.05, 3.63) is 59.4 Å². The van der Waals surface area contributed by atoms with Gasteiger partial charge in [0, 0.05) is 30.6 Å². The first-order valence-electron chi connectivity index (χ1n) is 11.5. The average molecular weight is 457 g/mol. The van der Waals surface area contributed by atoms with Crippen LogP contribution in [-0.2, 0) is 10.2 Å². The number of rotatable bonds is 9. The summed E-state index contributed by atoms with van der Waals surface area (Å²) >= 11 is 0. The van der Waals surface area contributed by atoms with Crippen molar-refractivity contribution in [2.45, 2.75) is 45.4 Å². The minimum absolute atomic E-state index is 0.0469. The number of hydrogen-bond donors (Lipinski definition) is 1. The van der Waals surface area contributed by atoms with Gasteiger partial charge in [0.05, 0.1) is 6.61 Å². The molecule has 1 N–H and O–H groups in total. The topological polar surface area (TPSA) is 67.9 Å². The number of carbonyl (C=O) groups is 2. The summed E-state index contributed by atoms with van der Waals surface area (Å²) in [5.74, 6) is 0.192. The highest BCUT2D eigenvalue weighted by Gasteiger charge is 2.25. The molecule has 1 heterocycles. The molecule has 3 rings (SSSR count). The molecule has 2 aromatic rings. The van der Waals surface area contributed by atoms with Crippen molar-refractivity contribution in [1.29, 1.82) is 0 Å². The summed E-state index contributed by atoms with van der Waals surface area (Å²) in [7, 11) is 0. The molecule has 1 fully saturated rings. The van der Waals surface area contributed by atoms with Crippen molar-refractivity contribution in [3.8, 4) is 11.5 Å². The Labute approximate surface area is 195 Å². The Morgan fingerprint density at radius 2 is 1.76 bits per heavy atom. The molecule has 0 aromatic heterocycles. The number of halogens is 1. The second-order valence-corrected chi connectivity index (χ2v) is 8.87. The molecule has 0 bridgehead atoms. The van der Waals surface area contributed by atoms with Crippen molar-refractivity contribution < 1.29 is 23.5 Å².